The number of piperidine rings is 1. The molecule has 0 saturated carbocycles. The molecular weight excluding hydrogens is 499 g/mol. The molecule has 2 aliphatic heterocycles. The summed E-state index contributed by atoms with van der Waals surface area (Å²) in [4.78, 5) is 14.7. The third-order valence-electron chi connectivity index (χ3n) is 6.48. The van der Waals surface area contributed by atoms with Gasteiger partial charge in [-0.3, -0.25) is 4.79 Å². The highest BCUT2D eigenvalue weighted by molar-refractivity contribution is 6.38. The van der Waals surface area contributed by atoms with Crippen LogP contribution in [0.2, 0.25) is 0 Å². The first-order chi connectivity index (χ1) is 17.3. The SMILES string of the molecule is [B]C1([B])OC2CN(C(=O)c3ccc(OC(C)C(F)(F)C(F)F)c(OC)c3)CC[C@]2(c2cccc(F)c2)O1. The van der Waals surface area contributed by atoms with E-state index < -0.39 is 47.5 Å². The molecule has 2 heterocycles. The minimum atomic E-state index is -4.40. The number of ether oxygens (including phenoxy) is 4. The van der Waals surface area contributed by atoms with Gasteiger partial charge in [0, 0.05) is 18.5 Å². The predicted octanol–water partition coefficient (Wildman–Crippen LogP) is 3.61. The van der Waals surface area contributed by atoms with Crippen LogP contribution >= 0.6 is 0 Å². The lowest BCUT2D eigenvalue weighted by Crippen LogP contribution is -2.53. The quantitative estimate of drug-likeness (QED) is 0.412. The van der Waals surface area contributed by atoms with Crippen molar-refractivity contribution in [2.24, 2.45) is 0 Å². The molecule has 4 rings (SSSR count). The van der Waals surface area contributed by atoms with E-state index in [4.69, 9.17) is 34.6 Å². The van der Waals surface area contributed by atoms with E-state index in [0.29, 0.717) is 5.56 Å². The average molecular weight is 521 g/mol. The minimum Gasteiger partial charge on any atom is -0.493 e. The summed E-state index contributed by atoms with van der Waals surface area (Å²) >= 11 is 0. The average Bonchev–Trinajstić information content (AvgIpc) is 3.13. The molecule has 13 heteroatoms. The summed E-state index contributed by atoms with van der Waals surface area (Å²) in [5.74, 6) is -5.70. The Balaban J connectivity index is 1.54. The number of fused-ring (bicyclic) bond motifs is 1. The number of nitrogens with zero attached hydrogens (tertiary/aromatic N) is 1. The number of rotatable bonds is 7. The Morgan fingerprint density at radius 3 is 2.57 bits per heavy atom. The first-order valence-electron chi connectivity index (χ1n) is 11.3. The van der Waals surface area contributed by atoms with Crippen LogP contribution < -0.4 is 9.47 Å². The molecule has 4 radical (unpaired) electrons. The molecule has 0 aliphatic carbocycles. The second kappa shape index (κ2) is 9.83. The normalized spacial score (nSPS) is 24.0. The molecule has 6 nitrogen and oxygen atoms in total. The highest BCUT2D eigenvalue weighted by atomic mass is 19.3. The fraction of sp³-hybridized carbons (Fsp3) is 0.458. The van der Waals surface area contributed by atoms with E-state index >= 15 is 0 Å². The largest absolute Gasteiger partial charge is 0.493 e. The molecule has 37 heavy (non-hydrogen) atoms. The van der Waals surface area contributed by atoms with Crippen molar-refractivity contribution < 1.29 is 45.7 Å². The summed E-state index contributed by atoms with van der Waals surface area (Å²) in [5, 5.41) is 0. The Labute approximate surface area is 212 Å². The van der Waals surface area contributed by atoms with E-state index in [9.17, 15) is 26.7 Å². The third kappa shape index (κ3) is 5.16. The molecule has 194 valence electrons. The summed E-state index contributed by atoms with van der Waals surface area (Å²) in [6.45, 7) is 0.953. The Morgan fingerprint density at radius 2 is 1.92 bits per heavy atom. The number of methoxy groups -OCH3 is 1. The van der Waals surface area contributed by atoms with Crippen LogP contribution in [0.15, 0.2) is 42.5 Å². The highest BCUT2D eigenvalue weighted by Gasteiger charge is 2.56. The lowest BCUT2D eigenvalue weighted by Gasteiger charge is -2.42. The maximum Gasteiger partial charge on any atom is 0.342 e. The van der Waals surface area contributed by atoms with Gasteiger partial charge < -0.3 is 23.8 Å². The zero-order valence-electron chi connectivity index (χ0n) is 19.9. The number of carbonyl (C=O) groups is 1. The van der Waals surface area contributed by atoms with Gasteiger partial charge in [0.15, 0.2) is 17.6 Å². The van der Waals surface area contributed by atoms with E-state index in [1.54, 1.807) is 6.07 Å². The molecule has 2 aromatic rings. The van der Waals surface area contributed by atoms with Gasteiger partial charge in [-0.1, -0.05) is 12.1 Å². The highest BCUT2D eigenvalue weighted by Crippen LogP contribution is 2.47. The monoisotopic (exact) mass is 521 g/mol. The van der Waals surface area contributed by atoms with Crippen molar-refractivity contribution in [1.29, 1.82) is 0 Å². The molecule has 0 N–H and O–H groups in total. The van der Waals surface area contributed by atoms with E-state index in [0.717, 1.165) is 6.92 Å². The number of hydrogen-bond acceptors (Lipinski definition) is 5. The number of likely N-dealkylation sites (tertiary alicyclic amines) is 1. The van der Waals surface area contributed by atoms with Crippen molar-refractivity contribution >= 4 is 21.6 Å². The number of carbonyl (C=O) groups excluding carboxylic acids is 1. The van der Waals surface area contributed by atoms with E-state index in [-0.39, 0.29) is 36.6 Å². The van der Waals surface area contributed by atoms with Gasteiger partial charge in [0.1, 0.15) is 33.2 Å². The maximum absolute atomic E-state index is 14.0. The third-order valence-corrected chi connectivity index (χ3v) is 6.48. The lowest BCUT2D eigenvalue weighted by atomic mass is 9.76. The van der Waals surface area contributed by atoms with E-state index in [1.807, 2.05) is 0 Å². The van der Waals surface area contributed by atoms with Gasteiger partial charge in [0.2, 0.25) is 0 Å². The molecular formula is C24H22B2F5NO5. The molecule has 2 aliphatic rings. The van der Waals surface area contributed by atoms with Crippen LogP contribution in [0.4, 0.5) is 22.0 Å². The molecule has 2 saturated heterocycles. The number of benzene rings is 2. The van der Waals surface area contributed by atoms with Crippen LogP contribution in [0.5, 0.6) is 11.5 Å². The number of alkyl halides is 4. The zero-order chi connectivity index (χ0) is 27.2. The Bertz CT molecular complexity index is 1170. The second-order valence-electron chi connectivity index (χ2n) is 8.93. The summed E-state index contributed by atoms with van der Waals surface area (Å²) in [7, 11) is 13.0. The molecule has 1 amide bonds. The standard InChI is InChI=1S/C24H22B2F5NO5/c1-13(23(30,31)21(28)29)35-17-7-6-14(10-18(17)34-2)20(33)32-9-8-22(15-4-3-5-16(27)11-15)19(12-32)36-24(25,26)37-22/h3-7,10-11,13,19,21H,8-9,12H2,1-2H3/t13?,19?,22-/m1/s1. The summed E-state index contributed by atoms with van der Waals surface area (Å²) in [6, 6.07) is 9.46. The van der Waals surface area contributed by atoms with Crippen molar-refractivity contribution in [2.45, 2.75) is 49.1 Å². The van der Waals surface area contributed by atoms with Crippen molar-refractivity contribution in [3.63, 3.8) is 0 Å². The van der Waals surface area contributed by atoms with Crippen molar-refractivity contribution in [2.75, 3.05) is 20.2 Å². The molecule has 3 atom stereocenters. The van der Waals surface area contributed by atoms with Crippen LogP contribution in [0.1, 0.15) is 29.3 Å². The fourth-order valence-corrected chi connectivity index (χ4v) is 4.53. The van der Waals surface area contributed by atoms with Gasteiger partial charge in [-0.25, -0.2) is 13.2 Å². The number of hydrogen-bond donors (Lipinski definition) is 0. The van der Waals surface area contributed by atoms with Gasteiger partial charge in [-0.2, -0.15) is 8.78 Å². The number of amides is 1. The summed E-state index contributed by atoms with van der Waals surface area (Å²) in [5.41, 5.74) is -2.58. The second-order valence-corrected chi connectivity index (χ2v) is 8.93. The topological polar surface area (TPSA) is 57.2 Å². The van der Waals surface area contributed by atoms with Crippen molar-refractivity contribution in [1.82, 2.24) is 4.90 Å². The lowest BCUT2D eigenvalue weighted by molar-refractivity contribution is -0.178. The maximum atomic E-state index is 14.0. The summed E-state index contributed by atoms with van der Waals surface area (Å²) < 4.78 is 88.1. The molecule has 0 bridgehead atoms. The summed E-state index contributed by atoms with van der Waals surface area (Å²) in [6.07, 6.45) is -6.73. The van der Waals surface area contributed by atoms with Gasteiger partial charge in [0.25, 0.3) is 5.91 Å². The van der Waals surface area contributed by atoms with Crippen LogP contribution in [-0.2, 0) is 15.1 Å². The Morgan fingerprint density at radius 1 is 1.19 bits per heavy atom. The minimum absolute atomic E-state index is 0.0102. The molecule has 0 aromatic heterocycles. The van der Waals surface area contributed by atoms with Crippen LogP contribution in [0.25, 0.3) is 0 Å². The van der Waals surface area contributed by atoms with Crippen LogP contribution in [0.3, 0.4) is 0 Å². The molecule has 2 fully saturated rings. The molecule has 2 unspecified atom stereocenters. The van der Waals surface area contributed by atoms with Crippen LogP contribution in [0, 0.1) is 5.82 Å². The van der Waals surface area contributed by atoms with Gasteiger partial charge in [-0.15, -0.1) is 0 Å². The van der Waals surface area contributed by atoms with Gasteiger partial charge >= 0.3 is 12.3 Å². The fourth-order valence-electron chi connectivity index (χ4n) is 4.53. The van der Waals surface area contributed by atoms with E-state index in [2.05, 4.69) is 0 Å². The van der Waals surface area contributed by atoms with Crippen LogP contribution in [-0.4, -0.2) is 76.8 Å². The first kappa shape index (κ1) is 27.3. The zero-order valence-corrected chi connectivity index (χ0v) is 19.9. The smallest absolute Gasteiger partial charge is 0.342 e. The molecule has 2 aromatic carbocycles. The first-order valence-corrected chi connectivity index (χ1v) is 11.3. The van der Waals surface area contributed by atoms with Gasteiger partial charge in [-0.05, 0) is 42.8 Å². The van der Waals surface area contributed by atoms with E-state index in [1.165, 1.54) is 48.4 Å². The number of halogens is 5. The van der Waals surface area contributed by atoms with Gasteiger partial charge in [0.05, 0.1) is 19.2 Å². The predicted molar refractivity (Wildman–Crippen MR) is 123 cm³/mol. The van der Waals surface area contributed by atoms with Crippen molar-refractivity contribution in [3.05, 3.63) is 59.4 Å². The van der Waals surface area contributed by atoms with Crippen molar-refractivity contribution in [3.8, 4) is 11.5 Å². The Kier molecular flexibility index (Phi) is 7.24. The Hall–Kier alpha value is -2.79. The molecule has 0 spiro atoms.